The lowest BCUT2D eigenvalue weighted by Crippen LogP contribution is -2.51. The van der Waals surface area contributed by atoms with E-state index >= 15 is 0 Å². The Bertz CT molecular complexity index is 801. The molecule has 0 fully saturated rings. The predicted molar refractivity (Wildman–Crippen MR) is 81.0 cm³/mol. The standard InChI is InChI=1S/C16H12ClF3N2O3/c17-12-6-15(22-14(23)10(12)7-21)3-4-24-13-5-9(1-2-11(13)15)25-8-16(18,19)20/h1-2,5H,3-4,6,8H2,(H,22,23)/t15-/m1/s1. The van der Waals surface area contributed by atoms with Gasteiger partial charge in [-0.1, -0.05) is 11.6 Å². The maximum atomic E-state index is 12.3. The molecule has 1 N–H and O–H groups in total. The van der Waals surface area contributed by atoms with Crippen LogP contribution in [0.25, 0.3) is 0 Å². The minimum absolute atomic E-state index is 0.00890. The summed E-state index contributed by atoms with van der Waals surface area (Å²) in [7, 11) is 0. The molecule has 1 spiro atoms. The largest absolute Gasteiger partial charge is 0.493 e. The fourth-order valence-corrected chi connectivity index (χ4v) is 3.32. The van der Waals surface area contributed by atoms with Gasteiger partial charge in [-0.2, -0.15) is 18.4 Å². The molecule has 25 heavy (non-hydrogen) atoms. The zero-order chi connectivity index (χ0) is 18.2. The van der Waals surface area contributed by atoms with Crippen LogP contribution in [0.15, 0.2) is 28.8 Å². The topological polar surface area (TPSA) is 71.3 Å². The highest BCUT2D eigenvalue weighted by Crippen LogP contribution is 2.45. The van der Waals surface area contributed by atoms with E-state index in [0.29, 0.717) is 17.7 Å². The van der Waals surface area contributed by atoms with Gasteiger partial charge in [0.25, 0.3) is 5.91 Å². The van der Waals surface area contributed by atoms with Crippen molar-refractivity contribution in [2.75, 3.05) is 13.2 Å². The Morgan fingerprint density at radius 3 is 2.84 bits per heavy atom. The summed E-state index contributed by atoms with van der Waals surface area (Å²) in [6.45, 7) is -1.17. The van der Waals surface area contributed by atoms with E-state index in [9.17, 15) is 18.0 Å². The van der Waals surface area contributed by atoms with Gasteiger partial charge in [-0.05, 0) is 12.1 Å². The minimum atomic E-state index is -4.44. The molecular weight excluding hydrogens is 361 g/mol. The van der Waals surface area contributed by atoms with Gasteiger partial charge in [-0.15, -0.1) is 0 Å². The first-order valence-electron chi connectivity index (χ1n) is 7.32. The SMILES string of the molecule is N#CC1=C(Cl)C[C@@]2(CCOc3cc(OCC(F)(F)F)ccc32)NC1=O. The monoisotopic (exact) mass is 372 g/mol. The number of benzene rings is 1. The van der Waals surface area contributed by atoms with Gasteiger partial charge in [-0.3, -0.25) is 4.79 Å². The first-order chi connectivity index (χ1) is 11.7. The van der Waals surface area contributed by atoms with Crippen molar-refractivity contribution in [2.45, 2.75) is 24.6 Å². The van der Waals surface area contributed by atoms with Gasteiger partial charge in [0.1, 0.15) is 23.1 Å². The van der Waals surface area contributed by atoms with Crippen LogP contribution in [0.2, 0.25) is 0 Å². The molecule has 1 aromatic carbocycles. The molecular formula is C16H12ClF3N2O3. The van der Waals surface area contributed by atoms with Crippen molar-refractivity contribution in [1.82, 2.24) is 5.32 Å². The second kappa shape index (κ2) is 6.15. The van der Waals surface area contributed by atoms with Gasteiger partial charge < -0.3 is 14.8 Å². The number of hydrogen-bond donors (Lipinski definition) is 1. The Kier molecular flexibility index (Phi) is 4.29. The van der Waals surface area contributed by atoms with Crippen molar-refractivity contribution < 1.29 is 27.4 Å². The smallest absolute Gasteiger partial charge is 0.422 e. The fourth-order valence-electron chi connectivity index (χ4n) is 2.97. The molecule has 0 saturated heterocycles. The number of rotatable bonds is 2. The van der Waals surface area contributed by atoms with Gasteiger partial charge in [0.2, 0.25) is 0 Å². The second-order valence-corrected chi connectivity index (χ2v) is 6.22. The van der Waals surface area contributed by atoms with Crippen LogP contribution in [0.1, 0.15) is 18.4 Å². The molecule has 1 atom stereocenters. The van der Waals surface area contributed by atoms with Crippen molar-refractivity contribution in [3.63, 3.8) is 0 Å². The molecule has 3 rings (SSSR count). The van der Waals surface area contributed by atoms with Crippen molar-refractivity contribution in [2.24, 2.45) is 0 Å². The van der Waals surface area contributed by atoms with Crippen LogP contribution in [0.4, 0.5) is 13.2 Å². The number of amides is 1. The highest BCUT2D eigenvalue weighted by Gasteiger charge is 2.44. The lowest BCUT2D eigenvalue weighted by molar-refractivity contribution is -0.153. The van der Waals surface area contributed by atoms with E-state index in [-0.39, 0.29) is 29.4 Å². The van der Waals surface area contributed by atoms with Crippen molar-refractivity contribution in [1.29, 1.82) is 5.26 Å². The quantitative estimate of drug-likeness (QED) is 0.865. The van der Waals surface area contributed by atoms with Crippen LogP contribution in [-0.2, 0) is 10.3 Å². The normalized spacial score (nSPS) is 22.8. The van der Waals surface area contributed by atoms with Crippen LogP contribution >= 0.6 is 11.6 Å². The Morgan fingerprint density at radius 1 is 1.44 bits per heavy atom. The third kappa shape index (κ3) is 3.37. The number of carbonyl (C=O) groups excluding carboxylic acids is 1. The van der Waals surface area contributed by atoms with Crippen molar-refractivity contribution in [3.05, 3.63) is 34.4 Å². The number of ether oxygens (including phenoxy) is 2. The van der Waals surface area contributed by atoms with E-state index in [4.69, 9.17) is 26.3 Å². The molecule has 5 nitrogen and oxygen atoms in total. The molecule has 2 aliphatic heterocycles. The molecule has 2 heterocycles. The van der Waals surface area contributed by atoms with Crippen LogP contribution in [0, 0.1) is 11.3 Å². The lowest BCUT2D eigenvalue weighted by atomic mass is 9.79. The zero-order valence-corrected chi connectivity index (χ0v) is 13.5. The summed E-state index contributed by atoms with van der Waals surface area (Å²) in [4.78, 5) is 12.1. The number of fused-ring (bicyclic) bond motifs is 2. The molecule has 0 bridgehead atoms. The first kappa shape index (κ1) is 17.4. The van der Waals surface area contributed by atoms with Crippen molar-refractivity contribution >= 4 is 17.5 Å². The van der Waals surface area contributed by atoms with Gasteiger partial charge in [0, 0.05) is 29.5 Å². The number of carbonyl (C=O) groups is 1. The van der Waals surface area contributed by atoms with Crippen LogP contribution in [0.5, 0.6) is 11.5 Å². The molecule has 2 aliphatic rings. The van der Waals surface area contributed by atoms with Gasteiger partial charge >= 0.3 is 6.18 Å². The van der Waals surface area contributed by atoms with E-state index in [2.05, 4.69) is 5.32 Å². The van der Waals surface area contributed by atoms with Crippen LogP contribution < -0.4 is 14.8 Å². The molecule has 0 aliphatic carbocycles. The molecule has 132 valence electrons. The summed E-state index contributed by atoms with van der Waals surface area (Å²) >= 11 is 6.10. The van der Waals surface area contributed by atoms with E-state index < -0.39 is 24.2 Å². The van der Waals surface area contributed by atoms with Gasteiger partial charge in [-0.25, -0.2) is 0 Å². The Morgan fingerprint density at radius 2 is 2.20 bits per heavy atom. The highest BCUT2D eigenvalue weighted by molar-refractivity contribution is 6.33. The number of hydrogen-bond acceptors (Lipinski definition) is 4. The molecule has 0 unspecified atom stereocenters. The van der Waals surface area contributed by atoms with E-state index in [1.807, 2.05) is 0 Å². The number of alkyl halides is 3. The lowest BCUT2D eigenvalue weighted by Gasteiger charge is -2.41. The molecule has 0 aromatic heterocycles. The average Bonchev–Trinajstić information content (AvgIpc) is 2.52. The second-order valence-electron chi connectivity index (χ2n) is 5.76. The third-order valence-corrected chi connectivity index (χ3v) is 4.40. The fraction of sp³-hybridized carbons (Fsp3) is 0.375. The highest BCUT2D eigenvalue weighted by atomic mass is 35.5. The summed E-state index contributed by atoms with van der Waals surface area (Å²) < 4.78 is 47.0. The predicted octanol–water partition coefficient (Wildman–Crippen LogP) is 3.14. The number of halogens is 4. The summed E-state index contributed by atoms with van der Waals surface area (Å²) in [6.07, 6.45) is -3.81. The maximum Gasteiger partial charge on any atom is 0.422 e. The van der Waals surface area contributed by atoms with Crippen LogP contribution in [-0.4, -0.2) is 25.3 Å². The minimum Gasteiger partial charge on any atom is -0.493 e. The molecule has 1 aromatic rings. The molecule has 9 heteroatoms. The maximum absolute atomic E-state index is 12.3. The average molecular weight is 373 g/mol. The summed E-state index contributed by atoms with van der Waals surface area (Å²) in [5.74, 6) is -0.255. The Balaban J connectivity index is 1.92. The van der Waals surface area contributed by atoms with Crippen molar-refractivity contribution in [3.8, 4) is 17.6 Å². The number of nitrogens with zero attached hydrogens (tertiary/aromatic N) is 1. The molecule has 0 radical (unpaired) electrons. The summed E-state index contributed by atoms with van der Waals surface area (Å²) in [5, 5.41) is 11.9. The number of nitrogens with one attached hydrogen (secondary N) is 1. The third-order valence-electron chi connectivity index (χ3n) is 4.08. The molecule has 0 saturated carbocycles. The summed E-state index contributed by atoms with van der Waals surface area (Å²) in [6, 6.07) is 6.04. The van der Waals surface area contributed by atoms with E-state index in [1.165, 1.54) is 12.1 Å². The van der Waals surface area contributed by atoms with E-state index in [1.54, 1.807) is 12.1 Å². The van der Waals surface area contributed by atoms with Gasteiger partial charge in [0.15, 0.2) is 6.61 Å². The van der Waals surface area contributed by atoms with E-state index in [0.717, 1.165) is 0 Å². The first-order valence-corrected chi connectivity index (χ1v) is 7.70. The molecule has 1 amide bonds. The summed E-state index contributed by atoms with van der Waals surface area (Å²) in [5.41, 5.74) is -0.406. The Hall–Kier alpha value is -2.40. The van der Waals surface area contributed by atoms with Gasteiger partial charge in [0.05, 0.1) is 12.1 Å². The zero-order valence-electron chi connectivity index (χ0n) is 12.7. The number of nitriles is 1. The Labute approximate surface area is 146 Å². The van der Waals surface area contributed by atoms with Crippen LogP contribution in [0.3, 0.4) is 0 Å².